The van der Waals surface area contributed by atoms with Gasteiger partial charge in [0.1, 0.15) is 0 Å². The van der Waals surface area contributed by atoms with Crippen molar-refractivity contribution in [2.75, 3.05) is 0 Å². The van der Waals surface area contributed by atoms with Gasteiger partial charge in [0.05, 0.1) is 0 Å². The lowest BCUT2D eigenvalue weighted by atomic mass is 10.0. The summed E-state index contributed by atoms with van der Waals surface area (Å²) in [6.45, 7) is 15.7. The Morgan fingerprint density at radius 1 is 0.619 bits per heavy atom. The summed E-state index contributed by atoms with van der Waals surface area (Å²) in [6, 6.07) is 9.40. The molecule has 0 fully saturated rings. The Labute approximate surface area is 127 Å². The molecule has 0 saturated heterocycles. The zero-order valence-corrected chi connectivity index (χ0v) is 14.3. The van der Waals surface area contributed by atoms with Crippen molar-refractivity contribution in [3.8, 4) is 0 Å². The third-order valence-corrected chi connectivity index (χ3v) is 4.67. The predicted octanol–water partition coefficient (Wildman–Crippen LogP) is 5.78. The maximum Gasteiger partial charge on any atom is 0.0499 e. The molecule has 1 heteroatoms. The summed E-state index contributed by atoms with van der Waals surface area (Å²) in [4.78, 5) is 0. The number of benzene rings is 2. The van der Waals surface area contributed by atoms with Gasteiger partial charge in [0.2, 0.25) is 0 Å². The molecule has 2 aromatic carbocycles. The van der Waals surface area contributed by atoms with Gasteiger partial charge in [0, 0.05) is 27.3 Å². The molecule has 3 aromatic rings. The second kappa shape index (κ2) is 4.37. The van der Waals surface area contributed by atoms with Crippen LogP contribution >= 0.6 is 0 Å². The van der Waals surface area contributed by atoms with Crippen LogP contribution in [-0.2, 0) is 5.54 Å². The molecule has 1 heterocycles. The minimum atomic E-state index is 0.0728. The van der Waals surface area contributed by atoms with Crippen LogP contribution in [0, 0.1) is 27.7 Å². The Morgan fingerprint density at radius 2 is 0.952 bits per heavy atom. The first-order valence-electron chi connectivity index (χ1n) is 7.73. The molecule has 0 aliphatic rings. The topological polar surface area (TPSA) is 4.93 Å². The van der Waals surface area contributed by atoms with Gasteiger partial charge in [0.15, 0.2) is 0 Å². The van der Waals surface area contributed by atoms with Crippen LogP contribution in [0.25, 0.3) is 21.8 Å². The number of rotatable bonds is 0. The molecule has 0 unspecified atom stereocenters. The van der Waals surface area contributed by atoms with E-state index >= 15 is 0 Å². The molecule has 0 aliphatic carbocycles. The SMILES string of the molecule is Cc1cc2c3cc(C)c(C)cc3n(C(C)(C)C)c2cc1C. The van der Waals surface area contributed by atoms with Crippen LogP contribution in [-0.4, -0.2) is 4.57 Å². The minimum Gasteiger partial charge on any atom is -0.335 e. The summed E-state index contributed by atoms with van der Waals surface area (Å²) < 4.78 is 2.50. The normalized spacial score (nSPS) is 12.5. The molecule has 1 nitrogen and oxygen atoms in total. The van der Waals surface area contributed by atoms with Crippen molar-refractivity contribution in [2.24, 2.45) is 0 Å². The van der Waals surface area contributed by atoms with Gasteiger partial charge in [-0.2, -0.15) is 0 Å². The molecule has 21 heavy (non-hydrogen) atoms. The largest absolute Gasteiger partial charge is 0.335 e. The fourth-order valence-electron chi connectivity index (χ4n) is 3.26. The van der Waals surface area contributed by atoms with Crippen molar-refractivity contribution in [1.29, 1.82) is 0 Å². The first-order chi connectivity index (χ1) is 9.70. The molecule has 110 valence electrons. The van der Waals surface area contributed by atoms with Crippen molar-refractivity contribution in [3.63, 3.8) is 0 Å². The van der Waals surface area contributed by atoms with E-state index in [4.69, 9.17) is 0 Å². The smallest absolute Gasteiger partial charge is 0.0499 e. The third kappa shape index (κ3) is 2.07. The van der Waals surface area contributed by atoms with Crippen LogP contribution < -0.4 is 0 Å². The summed E-state index contributed by atoms with van der Waals surface area (Å²) in [6.07, 6.45) is 0. The average molecular weight is 279 g/mol. The Hall–Kier alpha value is -1.76. The van der Waals surface area contributed by atoms with Gasteiger partial charge in [0.25, 0.3) is 0 Å². The number of fused-ring (bicyclic) bond motifs is 3. The molecule has 0 radical (unpaired) electrons. The highest BCUT2D eigenvalue weighted by atomic mass is 15.0. The zero-order chi connectivity index (χ0) is 15.5. The van der Waals surface area contributed by atoms with Crippen molar-refractivity contribution in [3.05, 3.63) is 46.5 Å². The van der Waals surface area contributed by atoms with Crippen molar-refractivity contribution in [2.45, 2.75) is 54.0 Å². The number of hydrogen-bond acceptors (Lipinski definition) is 0. The Balaban J connectivity index is 2.61. The zero-order valence-electron chi connectivity index (χ0n) is 14.3. The van der Waals surface area contributed by atoms with Crippen molar-refractivity contribution in [1.82, 2.24) is 4.57 Å². The van der Waals surface area contributed by atoms with Crippen LogP contribution in [0.1, 0.15) is 43.0 Å². The minimum absolute atomic E-state index is 0.0728. The van der Waals surface area contributed by atoms with Crippen LogP contribution in [0.4, 0.5) is 0 Å². The van der Waals surface area contributed by atoms with Gasteiger partial charge >= 0.3 is 0 Å². The Morgan fingerprint density at radius 3 is 1.29 bits per heavy atom. The predicted molar refractivity (Wildman–Crippen MR) is 93.4 cm³/mol. The maximum atomic E-state index is 2.50. The molecule has 0 N–H and O–H groups in total. The van der Waals surface area contributed by atoms with E-state index in [1.54, 1.807) is 0 Å². The first-order valence-corrected chi connectivity index (χ1v) is 7.73. The van der Waals surface area contributed by atoms with E-state index in [0.717, 1.165) is 0 Å². The van der Waals surface area contributed by atoms with Crippen LogP contribution in [0.15, 0.2) is 24.3 Å². The van der Waals surface area contributed by atoms with Gasteiger partial charge < -0.3 is 4.57 Å². The van der Waals surface area contributed by atoms with E-state index in [1.807, 2.05) is 0 Å². The standard InChI is InChI=1S/C20H25N/c1-12-8-16-17-9-13(2)15(4)11-19(17)21(20(5,6)7)18(16)10-14(12)3/h8-11H,1-7H3. The maximum absolute atomic E-state index is 2.50. The fraction of sp³-hybridized carbons (Fsp3) is 0.400. The average Bonchev–Trinajstić information content (AvgIpc) is 2.64. The number of hydrogen-bond donors (Lipinski definition) is 0. The second-order valence-corrected chi connectivity index (χ2v) is 7.41. The quantitative estimate of drug-likeness (QED) is 0.491. The monoisotopic (exact) mass is 279 g/mol. The molecule has 0 saturated carbocycles. The highest BCUT2D eigenvalue weighted by Gasteiger charge is 2.21. The highest BCUT2D eigenvalue weighted by Crippen LogP contribution is 2.36. The Kier molecular flexibility index (Phi) is 2.95. The molecule has 0 amide bonds. The molecule has 1 aromatic heterocycles. The van der Waals surface area contributed by atoms with Gasteiger partial charge in [-0.1, -0.05) is 0 Å². The molecule has 0 atom stereocenters. The second-order valence-electron chi connectivity index (χ2n) is 7.41. The Bertz CT molecular complexity index is 792. The van der Waals surface area contributed by atoms with Gasteiger partial charge in [-0.3, -0.25) is 0 Å². The van der Waals surface area contributed by atoms with Gasteiger partial charge in [-0.25, -0.2) is 0 Å². The summed E-state index contributed by atoms with van der Waals surface area (Å²) in [7, 11) is 0. The number of nitrogens with zero attached hydrogens (tertiary/aromatic N) is 1. The van der Waals surface area contributed by atoms with E-state index in [2.05, 4.69) is 77.3 Å². The van der Waals surface area contributed by atoms with E-state index < -0.39 is 0 Å². The first kappa shape index (κ1) is 14.2. The van der Waals surface area contributed by atoms with Crippen molar-refractivity contribution >= 4 is 21.8 Å². The van der Waals surface area contributed by atoms with Crippen LogP contribution in [0.3, 0.4) is 0 Å². The van der Waals surface area contributed by atoms with Crippen LogP contribution in [0.2, 0.25) is 0 Å². The summed E-state index contributed by atoms with van der Waals surface area (Å²) in [5.74, 6) is 0. The molecule has 0 aliphatic heterocycles. The molecular weight excluding hydrogens is 254 g/mol. The lowest BCUT2D eigenvalue weighted by molar-refractivity contribution is 0.423. The van der Waals surface area contributed by atoms with Gasteiger partial charge in [-0.15, -0.1) is 0 Å². The van der Waals surface area contributed by atoms with E-state index in [0.29, 0.717) is 0 Å². The summed E-state index contributed by atoms with van der Waals surface area (Å²) in [5.41, 5.74) is 8.25. The summed E-state index contributed by atoms with van der Waals surface area (Å²) >= 11 is 0. The third-order valence-electron chi connectivity index (χ3n) is 4.67. The lowest BCUT2D eigenvalue weighted by Crippen LogP contribution is -2.21. The van der Waals surface area contributed by atoms with Crippen molar-refractivity contribution < 1.29 is 0 Å². The lowest BCUT2D eigenvalue weighted by Gasteiger charge is -2.24. The van der Waals surface area contributed by atoms with E-state index in [1.165, 1.54) is 44.1 Å². The molecular formula is C20H25N. The summed E-state index contributed by atoms with van der Waals surface area (Å²) in [5, 5.41) is 2.76. The van der Waals surface area contributed by atoms with E-state index in [-0.39, 0.29) is 5.54 Å². The highest BCUT2D eigenvalue weighted by molar-refractivity contribution is 6.09. The number of aromatic nitrogens is 1. The van der Waals surface area contributed by atoms with Gasteiger partial charge in [-0.05, 0) is 95.0 Å². The number of aryl methyl sites for hydroxylation is 4. The van der Waals surface area contributed by atoms with Crippen LogP contribution in [0.5, 0.6) is 0 Å². The molecule has 0 bridgehead atoms. The fourth-order valence-corrected chi connectivity index (χ4v) is 3.26. The van der Waals surface area contributed by atoms with E-state index in [9.17, 15) is 0 Å². The molecule has 0 spiro atoms. The molecule has 3 rings (SSSR count).